The molecule has 0 aliphatic carbocycles. The van der Waals surface area contributed by atoms with E-state index in [4.69, 9.17) is 0 Å². The van der Waals surface area contributed by atoms with Crippen LogP contribution in [0.2, 0.25) is 0 Å². The van der Waals surface area contributed by atoms with E-state index < -0.39 is 0 Å². The molecule has 1 saturated heterocycles. The van der Waals surface area contributed by atoms with Gasteiger partial charge in [-0.3, -0.25) is 9.59 Å². The Morgan fingerprint density at radius 2 is 2.07 bits per heavy atom. The van der Waals surface area contributed by atoms with Crippen molar-refractivity contribution < 1.29 is 14.0 Å². The number of hydrogen-bond donors (Lipinski definition) is 2. The lowest BCUT2D eigenvalue weighted by atomic mass is 9.96. The Morgan fingerprint density at radius 1 is 1.20 bits per heavy atom. The van der Waals surface area contributed by atoms with Gasteiger partial charge in [0.25, 0.3) is 0 Å². The minimum absolute atomic E-state index is 0.0330. The average molecular weight is 408 g/mol. The highest BCUT2D eigenvalue weighted by molar-refractivity contribution is 5.83. The minimum atomic E-state index is -0.279. The lowest BCUT2D eigenvalue weighted by Crippen LogP contribution is -2.46. The maximum atomic E-state index is 13.3. The molecule has 0 radical (unpaired) electrons. The quantitative estimate of drug-likeness (QED) is 0.631. The van der Waals surface area contributed by atoms with Gasteiger partial charge in [0.15, 0.2) is 0 Å². The summed E-state index contributed by atoms with van der Waals surface area (Å²) in [6.07, 6.45) is 2.12. The van der Waals surface area contributed by atoms with E-state index in [0.717, 1.165) is 22.4 Å². The number of aromatic amines is 1. The Morgan fingerprint density at radius 3 is 2.90 bits per heavy atom. The number of carbonyl (C=O) groups excluding carboxylic acids is 2. The zero-order valence-corrected chi connectivity index (χ0v) is 16.7. The molecule has 2 heterocycles. The van der Waals surface area contributed by atoms with E-state index in [0.29, 0.717) is 45.3 Å². The number of carbonyl (C=O) groups is 2. The third-order valence-corrected chi connectivity index (χ3v) is 5.53. The van der Waals surface area contributed by atoms with Crippen LogP contribution in [0, 0.1) is 11.7 Å². The van der Waals surface area contributed by atoms with Crippen molar-refractivity contribution in [2.24, 2.45) is 5.92 Å². The van der Waals surface area contributed by atoms with E-state index in [1.807, 2.05) is 30.3 Å². The van der Waals surface area contributed by atoms with Gasteiger partial charge in [0.05, 0.1) is 17.0 Å². The zero-order valence-electron chi connectivity index (χ0n) is 16.7. The number of hydrogen-bond acceptors (Lipinski definition) is 3. The SMILES string of the molecule is O=C(NCCc1nc2ccccc2[nH]1)[C@@H]1CCC(=O)N(CCc2cccc(F)c2)C1. The lowest BCUT2D eigenvalue weighted by molar-refractivity contribution is -0.138. The number of aromatic nitrogens is 2. The molecule has 1 aliphatic heterocycles. The highest BCUT2D eigenvalue weighted by atomic mass is 19.1. The van der Waals surface area contributed by atoms with Crippen LogP contribution in [0.4, 0.5) is 4.39 Å². The minimum Gasteiger partial charge on any atom is -0.355 e. The fourth-order valence-electron chi connectivity index (χ4n) is 3.87. The number of amides is 2. The Bertz CT molecular complexity index is 1020. The molecule has 0 bridgehead atoms. The summed E-state index contributed by atoms with van der Waals surface area (Å²) in [6, 6.07) is 14.2. The monoisotopic (exact) mass is 408 g/mol. The number of para-hydroxylation sites is 2. The van der Waals surface area contributed by atoms with Crippen molar-refractivity contribution in [3.8, 4) is 0 Å². The Labute approximate surface area is 174 Å². The molecule has 0 unspecified atom stereocenters. The summed E-state index contributed by atoms with van der Waals surface area (Å²) >= 11 is 0. The summed E-state index contributed by atoms with van der Waals surface area (Å²) in [5.74, 6) is 0.365. The second-order valence-corrected chi connectivity index (χ2v) is 7.70. The molecule has 1 aliphatic rings. The van der Waals surface area contributed by atoms with Crippen LogP contribution < -0.4 is 5.32 Å². The summed E-state index contributed by atoms with van der Waals surface area (Å²) in [6.45, 7) is 1.39. The van der Waals surface area contributed by atoms with Gasteiger partial charge in [-0.2, -0.15) is 0 Å². The number of likely N-dealkylation sites (tertiary alicyclic amines) is 1. The summed E-state index contributed by atoms with van der Waals surface area (Å²) in [5.41, 5.74) is 2.75. The van der Waals surface area contributed by atoms with Crippen LogP contribution in [0.25, 0.3) is 11.0 Å². The lowest BCUT2D eigenvalue weighted by Gasteiger charge is -2.32. The molecular formula is C23H25FN4O2. The van der Waals surface area contributed by atoms with Crippen LogP contribution >= 0.6 is 0 Å². The molecule has 2 amide bonds. The van der Waals surface area contributed by atoms with E-state index >= 15 is 0 Å². The second-order valence-electron chi connectivity index (χ2n) is 7.70. The molecular weight excluding hydrogens is 383 g/mol. The van der Waals surface area contributed by atoms with Gasteiger partial charge in [-0.25, -0.2) is 9.37 Å². The number of benzene rings is 2. The molecule has 1 atom stereocenters. The molecule has 2 aromatic carbocycles. The number of H-pyrrole nitrogens is 1. The van der Waals surface area contributed by atoms with E-state index in [1.54, 1.807) is 11.0 Å². The van der Waals surface area contributed by atoms with E-state index in [-0.39, 0.29) is 23.5 Å². The highest BCUT2D eigenvalue weighted by Gasteiger charge is 2.29. The van der Waals surface area contributed by atoms with Gasteiger partial charge < -0.3 is 15.2 Å². The molecule has 6 nitrogen and oxygen atoms in total. The Hall–Kier alpha value is -3.22. The molecule has 2 N–H and O–H groups in total. The van der Waals surface area contributed by atoms with E-state index in [1.165, 1.54) is 12.1 Å². The zero-order chi connectivity index (χ0) is 20.9. The number of fused-ring (bicyclic) bond motifs is 1. The van der Waals surface area contributed by atoms with Crippen molar-refractivity contribution in [3.05, 3.63) is 65.7 Å². The number of imidazole rings is 1. The van der Waals surface area contributed by atoms with Crippen LogP contribution in [0.15, 0.2) is 48.5 Å². The molecule has 156 valence electrons. The number of halogens is 1. The largest absolute Gasteiger partial charge is 0.355 e. The smallest absolute Gasteiger partial charge is 0.224 e. The maximum absolute atomic E-state index is 13.3. The average Bonchev–Trinajstić information content (AvgIpc) is 3.16. The van der Waals surface area contributed by atoms with Crippen molar-refractivity contribution in [2.75, 3.05) is 19.6 Å². The van der Waals surface area contributed by atoms with Gasteiger partial charge in [0.2, 0.25) is 11.8 Å². The van der Waals surface area contributed by atoms with Crippen LogP contribution in [0.1, 0.15) is 24.2 Å². The molecule has 30 heavy (non-hydrogen) atoms. The first-order valence-electron chi connectivity index (χ1n) is 10.3. The van der Waals surface area contributed by atoms with Crippen LogP contribution in [-0.4, -0.2) is 46.3 Å². The molecule has 3 aromatic rings. The number of nitrogens with one attached hydrogen (secondary N) is 2. The van der Waals surface area contributed by atoms with Gasteiger partial charge in [0.1, 0.15) is 11.6 Å². The fourth-order valence-corrected chi connectivity index (χ4v) is 3.87. The third kappa shape index (κ3) is 4.84. The first-order chi connectivity index (χ1) is 14.6. The van der Waals surface area contributed by atoms with E-state index in [9.17, 15) is 14.0 Å². The van der Waals surface area contributed by atoms with Crippen molar-refractivity contribution in [3.63, 3.8) is 0 Å². The first-order valence-corrected chi connectivity index (χ1v) is 10.3. The molecule has 1 fully saturated rings. The predicted molar refractivity (Wildman–Crippen MR) is 112 cm³/mol. The third-order valence-electron chi connectivity index (χ3n) is 5.53. The topological polar surface area (TPSA) is 78.1 Å². The van der Waals surface area contributed by atoms with Crippen molar-refractivity contribution in [1.29, 1.82) is 0 Å². The number of rotatable bonds is 7. The first kappa shape index (κ1) is 20.1. The summed E-state index contributed by atoms with van der Waals surface area (Å²) in [5, 5.41) is 2.98. The Balaban J connectivity index is 1.26. The van der Waals surface area contributed by atoms with Gasteiger partial charge in [-0.1, -0.05) is 24.3 Å². The van der Waals surface area contributed by atoms with Gasteiger partial charge >= 0.3 is 0 Å². The fraction of sp³-hybridized carbons (Fsp3) is 0.348. The van der Waals surface area contributed by atoms with Crippen molar-refractivity contribution >= 4 is 22.8 Å². The number of piperidine rings is 1. The summed E-state index contributed by atoms with van der Waals surface area (Å²) < 4.78 is 13.3. The molecule has 7 heteroatoms. The van der Waals surface area contributed by atoms with Gasteiger partial charge in [-0.05, 0) is 42.7 Å². The van der Waals surface area contributed by atoms with E-state index in [2.05, 4.69) is 15.3 Å². The normalized spacial score (nSPS) is 16.8. The number of nitrogens with zero attached hydrogens (tertiary/aromatic N) is 2. The molecule has 0 saturated carbocycles. The standard InChI is InChI=1S/C23H25FN4O2/c24-18-5-3-4-16(14-18)11-13-28-15-17(8-9-22(28)29)23(30)25-12-10-21-26-19-6-1-2-7-20(19)27-21/h1-7,14,17H,8-13,15H2,(H,25,30)(H,26,27)/t17-/m1/s1. The van der Waals surface area contributed by atoms with Gasteiger partial charge in [0, 0.05) is 32.5 Å². The molecule has 0 spiro atoms. The van der Waals surface area contributed by atoms with Crippen molar-refractivity contribution in [2.45, 2.75) is 25.7 Å². The van der Waals surface area contributed by atoms with Gasteiger partial charge in [-0.15, -0.1) is 0 Å². The summed E-state index contributed by atoms with van der Waals surface area (Å²) in [4.78, 5) is 34.3. The van der Waals surface area contributed by atoms with Crippen LogP contribution in [-0.2, 0) is 22.4 Å². The second kappa shape index (κ2) is 9.07. The predicted octanol–water partition coefficient (Wildman–Crippen LogP) is 2.84. The molecule has 1 aromatic heterocycles. The van der Waals surface area contributed by atoms with Crippen molar-refractivity contribution in [1.82, 2.24) is 20.2 Å². The van der Waals surface area contributed by atoms with Crippen LogP contribution in [0.5, 0.6) is 0 Å². The highest BCUT2D eigenvalue weighted by Crippen LogP contribution is 2.19. The Kier molecular flexibility index (Phi) is 6.07. The van der Waals surface area contributed by atoms with Crippen LogP contribution in [0.3, 0.4) is 0 Å². The summed E-state index contributed by atoms with van der Waals surface area (Å²) in [7, 11) is 0. The molecule has 4 rings (SSSR count). The maximum Gasteiger partial charge on any atom is 0.224 e.